The molecule has 0 bridgehead atoms. The standard InChI is InChI=1S/C14H13F2NOS/c1-18-12-5-9(4-11(17)7-12)8-19-14-3-2-10(15)6-13(14)16/h2-7H,8,17H2,1H3. The molecule has 0 aliphatic rings. The van der Waals surface area contributed by atoms with Gasteiger partial charge >= 0.3 is 0 Å². The first-order valence-corrected chi connectivity index (χ1v) is 6.58. The highest BCUT2D eigenvalue weighted by Crippen LogP contribution is 2.28. The molecule has 0 spiro atoms. The molecule has 0 atom stereocenters. The SMILES string of the molecule is COc1cc(N)cc(CSc2ccc(F)cc2F)c1. The Kier molecular flexibility index (Phi) is 4.27. The molecule has 2 N–H and O–H groups in total. The first-order valence-electron chi connectivity index (χ1n) is 5.60. The van der Waals surface area contributed by atoms with Crippen LogP contribution in [0.5, 0.6) is 5.75 Å². The summed E-state index contributed by atoms with van der Waals surface area (Å²) in [5.41, 5.74) is 7.25. The van der Waals surface area contributed by atoms with Crippen molar-refractivity contribution >= 4 is 17.4 Å². The average molecular weight is 281 g/mol. The van der Waals surface area contributed by atoms with E-state index < -0.39 is 11.6 Å². The largest absolute Gasteiger partial charge is 0.497 e. The molecular weight excluding hydrogens is 268 g/mol. The van der Waals surface area contributed by atoms with E-state index in [9.17, 15) is 8.78 Å². The molecule has 100 valence electrons. The first-order chi connectivity index (χ1) is 9.08. The van der Waals surface area contributed by atoms with Crippen LogP contribution >= 0.6 is 11.8 Å². The van der Waals surface area contributed by atoms with Crippen molar-refractivity contribution in [2.75, 3.05) is 12.8 Å². The van der Waals surface area contributed by atoms with Crippen molar-refractivity contribution in [3.05, 3.63) is 53.6 Å². The Balaban J connectivity index is 2.12. The second kappa shape index (κ2) is 5.93. The summed E-state index contributed by atoms with van der Waals surface area (Å²) in [4.78, 5) is 0.405. The van der Waals surface area contributed by atoms with Crippen molar-refractivity contribution in [1.29, 1.82) is 0 Å². The molecule has 0 aliphatic carbocycles. The highest BCUT2D eigenvalue weighted by atomic mass is 32.2. The Hall–Kier alpha value is -1.75. The van der Waals surface area contributed by atoms with Crippen LogP contribution in [0.15, 0.2) is 41.3 Å². The minimum atomic E-state index is -0.576. The van der Waals surface area contributed by atoms with Crippen LogP contribution in [0.3, 0.4) is 0 Å². The number of hydrogen-bond acceptors (Lipinski definition) is 3. The van der Waals surface area contributed by atoms with Crippen LogP contribution < -0.4 is 10.5 Å². The normalized spacial score (nSPS) is 10.5. The van der Waals surface area contributed by atoms with Crippen molar-refractivity contribution in [2.45, 2.75) is 10.6 Å². The molecule has 2 aromatic carbocycles. The first kappa shape index (κ1) is 13.7. The molecule has 5 heteroatoms. The van der Waals surface area contributed by atoms with Gasteiger partial charge in [0.05, 0.1) is 7.11 Å². The van der Waals surface area contributed by atoms with Crippen LogP contribution in [0, 0.1) is 11.6 Å². The molecule has 0 saturated carbocycles. The van der Waals surface area contributed by atoms with Crippen molar-refractivity contribution in [1.82, 2.24) is 0 Å². The Morgan fingerprint density at radius 2 is 1.95 bits per heavy atom. The van der Waals surface area contributed by atoms with E-state index in [-0.39, 0.29) is 0 Å². The molecule has 0 unspecified atom stereocenters. The van der Waals surface area contributed by atoms with Gasteiger partial charge in [0.1, 0.15) is 17.4 Å². The van der Waals surface area contributed by atoms with Gasteiger partial charge in [0.2, 0.25) is 0 Å². The molecular formula is C14H13F2NOS. The smallest absolute Gasteiger partial charge is 0.139 e. The zero-order chi connectivity index (χ0) is 13.8. The second-order valence-corrected chi connectivity index (χ2v) is 5.00. The number of nitrogens with two attached hydrogens (primary N) is 1. The minimum Gasteiger partial charge on any atom is -0.497 e. The van der Waals surface area contributed by atoms with Gasteiger partial charge in [-0.2, -0.15) is 0 Å². The molecule has 2 aromatic rings. The van der Waals surface area contributed by atoms with Crippen LogP contribution in [0.2, 0.25) is 0 Å². The van der Waals surface area contributed by atoms with Crippen LogP contribution in [-0.2, 0) is 5.75 Å². The Bertz CT molecular complexity index is 590. The third-order valence-electron chi connectivity index (χ3n) is 2.51. The molecule has 0 radical (unpaired) electrons. The number of rotatable bonds is 4. The van der Waals surface area contributed by atoms with Gasteiger partial charge in [0.25, 0.3) is 0 Å². The van der Waals surface area contributed by atoms with E-state index >= 15 is 0 Å². The molecule has 0 aromatic heterocycles. The lowest BCUT2D eigenvalue weighted by molar-refractivity contribution is 0.414. The van der Waals surface area contributed by atoms with E-state index in [0.29, 0.717) is 22.1 Å². The van der Waals surface area contributed by atoms with Gasteiger partial charge in [0, 0.05) is 28.5 Å². The zero-order valence-corrected chi connectivity index (χ0v) is 11.1. The summed E-state index contributed by atoms with van der Waals surface area (Å²) < 4.78 is 31.4. The highest BCUT2D eigenvalue weighted by Gasteiger charge is 2.06. The van der Waals surface area contributed by atoms with Crippen molar-refractivity contribution in [3.8, 4) is 5.75 Å². The molecule has 19 heavy (non-hydrogen) atoms. The van der Waals surface area contributed by atoms with Crippen molar-refractivity contribution in [3.63, 3.8) is 0 Å². The quantitative estimate of drug-likeness (QED) is 0.683. The van der Waals surface area contributed by atoms with Gasteiger partial charge in [-0.25, -0.2) is 8.78 Å². The molecule has 0 amide bonds. The van der Waals surface area contributed by atoms with E-state index in [4.69, 9.17) is 10.5 Å². The predicted octanol–water partition coefficient (Wildman–Crippen LogP) is 3.85. The monoisotopic (exact) mass is 281 g/mol. The zero-order valence-electron chi connectivity index (χ0n) is 10.3. The molecule has 0 heterocycles. The summed E-state index contributed by atoms with van der Waals surface area (Å²) in [6, 6.07) is 8.90. The van der Waals surface area contributed by atoms with E-state index in [2.05, 4.69) is 0 Å². The predicted molar refractivity (Wildman–Crippen MR) is 73.3 cm³/mol. The average Bonchev–Trinajstić information content (AvgIpc) is 2.37. The van der Waals surface area contributed by atoms with Gasteiger partial charge in [-0.05, 0) is 29.8 Å². The van der Waals surface area contributed by atoms with Gasteiger partial charge in [-0.15, -0.1) is 11.8 Å². The number of thioether (sulfide) groups is 1. The number of hydrogen-bond donors (Lipinski definition) is 1. The third kappa shape index (κ3) is 3.61. The van der Waals surface area contributed by atoms with E-state index in [1.54, 1.807) is 19.2 Å². The van der Waals surface area contributed by atoms with Gasteiger partial charge in [-0.3, -0.25) is 0 Å². The van der Waals surface area contributed by atoms with Gasteiger partial charge in [-0.1, -0.05) is 0 Å². The van der Waals surface area contributed by atoms with E-state index in [0.717, 1.165) is 11.6 Å². The maximum absolute atomic E-state index is 13.5. The van der Waals surface area contributed by atoms with Crippen molar-refractivity contribution in [2.24, 2.45) is 0 Å². The summed E-state index contributed by atoms with van der Waals surface area (Å²) in [6.07, 6.45) is 0. The lowest BCUT2D eigenvalue weighted by Gasteiger charge is -2.07. The van der Waals surface area contributed by atoms with Gasteiger partial charge in [0.15, 0.2) is 0 Å². The third-order valence-corrected chi connectivity index (χ3v) is 3.63. The highest BCUT2D eigenvalue weighted by molar-refractivity contribution is 7.98. The maximum atomic E-state index is 13.5. The number of halogens is 2. The fourth-order valence-electron chi connectivity index (χ4n) is 1.64. The molecule has 0 aliphatic heterocycles. The fraction of sp³-hybridized carbons (Fsp3) is 0.143. The summed E-state index contributed by atoms with van der Waals surface area (Å²) in [5, 5.41) is 0. The lowest BCUT2D eigenvalue weighted by Crippen LogP contribution is -1.92. The van der Waals surface area contributed by atoms with E-state index in [1.807, 2.05) is 6.07 Å². The Morgan fingerprint density at radius 1 is 1.16 bits per heavy atom. The second-order valence-electron chi connectivity index (χ2n) is 3.98. The number of nitrogen functional groups attached to an aromatic ring is 1. The molecule has 2 nitrogen and oxygen atoms in total. The van der Waals surface area contributed by atoms with Crippen LogP contribution in [0.1, 0.15) is 5.56 Å². The van der Waals surface area contributed by atoms with Crippen molar-refractivity contribution < 1.29 is 13.5 Å². The number of methoxy groups -OCH3 is 1. The number of ether oxygens (including phenoxy) is 1. The fourth-order valence-corrected chi connectivity index (χ4v) is 2.49. The van der Waals surface area contributed by atoms with Crippen LogP contribution in [-0.4, -0.2) is 7.11 Å². The summed E-state index contributed by atoms with van der Waals surface area (Å²) in [5.74, 6) is 0.0627. The molecule has 0 saturated heterocycles. The number of benzene rings is 2. The van der Waals surface area contributed by atoms with Crippen LogP contribution in [0.4, 0.5) is 14.5 Å². The minimum absolute atomic E-state index is 0.405. The topological polar surface area (TPSA) is 35.2 Å². The molecule has 0 fully saturated rings. The van der Waals surface area contributed by atoms with Crippen LogP contribution in [0.25, 0.3) is 0 Å². The Morgan fingerprint density at radius 3 is 2.63 bits per heavy atom. The van der Waals surface area contributed by atoms with E-state index in [1.165, 1.54) is 23.9 Å². The summed E-state index contributed by atoms with van der Waals surface area (Å²) >= 11 is 1.28. The number of anilines is 1. The Labute approximate surface area is 114 Å². The maximum Gasteiger partial charge on any atom is 0.139 e. The molecule has 2 rings (SSSR count). The summed E-state index contributed by atoms with van der Waals surface area (Å²) in [7, 11) is 1.56. The summed E-state index contributed by atoms with van der Waals surface area (Å²) in [6.45, 7) is 0. The van der Waals surface area contributed by atoms with Gasteiger partial charge < -0.3 is 10.5 Å². The lowest BCUT2D eigenvalue weighted by atomic mass is 10.2.